The normalized spacial score (nSPS) is 11.0. The van der Waals surface area contributed by atoms with Crippen molar-refractivity contribution in [2.45, 2.75) is 20.4 Å². The fourth-order valence-electron chi connectivity index (χ4n) is 2.46. The van der Waals surface area contributed by atoms with Crippen LogP contribution in [0.1, 0.15) is 29.8 Å². The molecule has 0 fully saturated rings. The summed E-state index contributed by atoms with van der Waals surface area (Å²) in [4.78, 5) is 14.5. The van der Waals surface area contributed by atoms with Crippen molar-refractivity contribution in [3.63, 3.8) is 0 Å². The third-order valence-electron chi connectivity index (χ3n) is 3.61. The van der Waals surface area contributed by atoms with Gasteiger partial charge >= 0.3 is 0 Å². The third-order valence-corrected chi connectivity index (χ3v) is 3.98. The van der Waals surface area contributed by atoms with E-state index in [9.17, 15) is 4.79 Å². The highest BCUT2D eigenvalue weighted by molar-refractivity contribution is 6.31. The first-order valence-electron chi connectivity index (χ1n) is 8.05. The van der Waals surface area contributed by atoms with Gasteiger partial charge in [0.1, 0.15) is 0 Å². The zero-order chi connectivity index (χ0) is 17.5. The maximum Gasteiger partial charge on any atom is 0.257 e. The van der Waals surface area contributed by atoms with E-state index in [1.54, 1.807) is 24.2 Å². The number of ether oxygens (including phenoxy) is 1. The molecule has 2 rings (SSSR count). The van der Waals surface area contributed by atoms with Crippen LogP contribution >= 0.6 is 11.6 Å². The summed E-state index contributed by atoms with van der Waals surface area (Å²) in [5.41, 5.74) is 1.55. The van der Waals surface area contributed by atoms with Crippen LogP contribution in [0.15, 0.2) is 36.7 Å². The van der Waals surface area contributed by atoms with Gasteiger partial charge in [-0.15, -0.1) is 0 Å². The number of carbonyl (C=O) groups is 1. The largest absolute Gasteiger partial charge is 0.383 e. The Labute approximate surface area is 148 Å². The van der Waals surface area contributed by atoms with Crippen molar-refractivity contribution in [2.75, 3.05) is 26.8 Å². The van der Waals surface area contributed by atoms with E-state index in [0.717, 1.165) is 5.56 Å². The van der Waals surface area contributed by atoms with Gasteiger partial charge in [0.05, 0.1) is 24.9 Å². The molecule has 6 heteroatoms. The standard InChI is InChI=1S/C18H24ClN3O2/c1-14(2)11-21(8-9-24-3)18(23)16-10-20-22(13-16)12-15-6-4-5-7-17(15)19/h4-7,10,13-14H,8-9,11-12H2,1-3H3. The van der Waals surface area contributed by atoms with Gasteiger partial charge in [0, 0.05) is 31.4 Å². The van der Waals surface area contributed by atoms with Gasteiger partial charge in [-0.1, -0.05) is 43.6 Å². The van der Waals surface area contributed by atoms with E-state index < -0.39 is 0 Å². The summed E-state index contributed by atoms with van der Waals surface area (Å²) in [7, 11) is 1.64. The second-order valence-corrected chi connectivity index (χ2v) is 6.56. The van der Waals surface area contributed by atoms with Crippen LogP contribution in [0.3, 0.4) is 0 Å². The number of hydrogen-bond donors (Lipinski definition) is 0. The van der Waals surface area contributed by atoms with Crippen LogP contribution < -0.4 is 0 Å². The molecule has 2 aromatic rings. The van der Waals surface area contributed by atoms with E-state index in [-0.39, 0.29) is 5.91 Å². The summed E-state index contributed by atoms with van der Waals surface area (Å²) in [6, 6.07) is 7.63. The molecule has 0 N–H and O–H groups in total. The lowest BCUT2D eigenvalue weighted by molar-refractivity contribution is 0.0672. The van der Waals surface area contributed by atoms with E-state index in [2.05, 4.69) is 18.9 Å². The molecule has 0 radical (unpaired) electrons. The van der Waals surface area contributed by atoms with Gasteiger partial charge in [-0.2, -0.15) is 5.10 Å². The van der Waals surface area contributed by atoms with E-state index >= 15 is 0 Å². The number of amides is 1. The lowest BCUT2D eigenvalue weighted by Crippen LogP contribution is -2.36. The van der Waals surface area contributed by atoms with E-state index in [0.29, 0.717) is 42.7 Å². The van der Waals surface area contributed by atoms with Crippen molar-refractivity contribution in [2.24, 2.45) is 5.92 Å². The van der Waals surface area contributed by atoms with Crippen LogP contribution in [0.5, 0.6) is 0 Å². The molecule has 24 heavy (non-hydrogen) atoms. The number of nitrogens with zero attached hydrogens (tertiary/aromatic N) is 3. The monoisotopic (exact) mass is 349 g/mol. The Kier molecular flexibility index (Phi) is 6.82. The lowest BCUT2D eigenvalue weighted by atomic mass is 10.2. The fourth-order valence-corrected chi connectivity index (χ4v) is 2.66. The Morgan fingerprint density at radius 1 is 1.38 bits per heavy atom. The van der Waals surface area contributed by atoms with Crippen LogP contribution in [0.4, 0.5) is 0 Å². The molecule has 0 unspecified atom stereocenters. The molecule has 0 saturated carbocycles. The summed E-state index contributed by atoms with van der Waals surface area (Å²) in [6.45, 7) is 6.50. The van der Waals surface area contributed by atoms with Crippen molar-refractivity contribution in [3.8, 4) is 0 Å². The highest BCUT2D eigenvalue weighted by Crippen LogP contribution is 2.16. The molecule has 1 amide bonds. The average molecular weight is 350 g/mol. The highest BCUT2D eigenvalue weighted by atomic mass is 35.5. The molecule has 0 aliphatic heterocycles. The maximum absolute atomic E-state index is 12.7. The van der Waals surface area contributed by atoms with E-state index in [1.807, 2.05) is 29.2 Å². The van der Waals surface area contributed by atoms with Crippen molar-refractivity contribution < 1.29 is 9.53 Å². The van der Waals surface area contributed by atoms with Gasteiger partial charge in [0.25, 0.3) is 5.91 Å². The Morgan fingerprint density at radius 3 is 2.79 bits per heavy atom. The average Bonchev–Trinajstić information content (AvgIpc) is 3.01. The third kappa shape index (κ3) is 5.08. The second-order valence-electron chi connectivity index (χ2n) is 6.16. The first-order valence-corrected chi connectivity index (χ1v) is 8.43. The number of halogens is 1. The Hall–Kier alpha value is -1.85. The molecular formula is C18H24ClN3O2. The molecule has 130 valence electrons. The maximum atomic E-state index is 12.7. The predicted molar refractivity (Wildman–Crippen MR) is 95.4 cm³/mol. The lowest BCUT2D eigenvalue weighted by Gasteiger charge is -2.23. The first kappa shape index (κ1) is 18.5. The van der Waals surface area contributed by atoms with Crippen LogP contribution in [-0.2, 0) is 11.3 Å². The number of hydrogen-bond acceptors (Lipinski definition) is 3. The summed E-state index contributed by atoms with van der Waals surface area (Å²) < 4.78 is 6.84. The van der Waals surface area contributed by atoms with Gasteiger partial charge in [-0.25, -0.2) is 0 Å². The molecule has 5 nitrogen and oxygen atoms in total. The second kappa shape index (κ2) is 8.85. The molecule has 1 aromatic carbocycles. The van der Waals surface area contributed by atoms with Crippen molar-refractivity contribution in [3.05, 3.63) is 52.8 Å². The topological polar surface area (TPSA) is 47.4 Å². The Balaban J connectivity index is 2.09. The molecule has 0 aliphatic carbocycles. The summed E-state index contributed by atoms with van der Waals surface area (Å²) in [6.07, 6.45) is 3.38. The van der Waals surface area contributed by atoms with Crippen molar-refractivity contribution in [1.82, 2.24) is 14.7 Å². The molecule has 0 bridgehead atoms. The smallest absolute Gasteiger partial charge is 0.257 e. The summed E-state index contributed by atoms with van der Waals surface area (Å²) >= 11 is 6.18. The molecule has 1 heterocycles. The van der Waals surface area contributed by atoms with Gasteiger partial charge < -0.3 is 9.64 Å². The molecule has 0 saturated heterocycles. The van der Waals surface area contributed by atoms with E-state index in [1.165, 1.54) is 0 Å². The van der Waals surface area contributed by atoms with Crippen molar-refractivity contribution >= 4 is 17.5 Å². The first-order chi connectivity index (χ1) is 11.5. The Morgan fingerprint density at radius 2 is 2.12 bits per heavy atom. The minimum Gasteiger partial charge on any atom is -0.383 e. The Bertz CT molecular complexity index is 670. The summed E-state index contributed by atoms with van der Waals surface area (Å²) in [5.74, 6) is 0.370. The quantitative estimate of drug-likeness (QED) is 0.734. The van der Waals surface area contributed by atoms with Gasteiger partial charge in [-0.05, 0) is 17.5 Å². The van der Waals surface area contributed by atoms with Gasteiger partial charge in [-0.3, -0.25) is 9.48 Å². The van der Waals surface area contributed by atoms with Gasteiger partial charge in [0.15, 0.2) is 0 Å². The molecule has 0 spiro atoms. The number of aromatic nitrogens is 2. The molecular weight excluding hydrogens is 326 g/mol. The highest BCUT2D eigenvalue weighted by Gasteiger charge is 2.18. The minimum atomic E-state index is -0.0221. The van der Waals surface area contributed by atoms with E-state index in [4.69, 9.17) is 16.3 Å². The van der Waals surface area contributed by atoms with Crippen molar-refractivity contribution in [1.29, 1.82) is 0 Å². The molecule has 0 atom stereocenters. The number of methoxy groups -OCH3 is 1. The summed E-state index contributed by atoms with van der Waals surface area (Å²) in [5, 5.41) is 4.99. The zero-order valence-electron chi connectivity index (χ0n) is 14.4. The molecule has 1 aromatic heterocycles. The van der Waals surface area contributed by atoms with Crippen LogP contribution in [-0.4, -0.2) is 47.4 Å². The van der Waals surface area contributed by atoms with Crippen LogP contribution in [0.2, 0.25) is 5.02 Å². The van der Waals surface area contributed by atoms with Crippen LogP contribution in [0.25, 0.3) is 0 Å². The minimum absolute atomic E-state index is 0.0221. The molecule has 0 aliphatic rings. The fraction of sp³-hybridized carbons (Fsp3) is 0.444. The van der Waals surface area contributed by atoms with Gasteiger partial charge in [0.2, 0.25) is 0 Å². The predicted octanol–water partition coefficient (Wildman–Crippen LogP) is 3.33. The van der Waals surface area contributed by atoms with Crippen LogP contribution in [0, 0.1) is 5.92 Å². The number of carbonyl (C=O) groups excluding carboxylic acids is 1. The SMILES string of the molecule is COCCN(CC(C)C)C(=O)c1cnn(Cc2ccccc2Cl)c1. The number of rotatable bonds is 8. The number of benzene rings is 1. The zero-order valence-corrected chi connectivity index (χ0v) is 15.2.